The molecule has 198 valence electrons. The highest BCUT2D eigenvalue weighted by Gasteiger charge is 2.31. The summed E-state index contributed by atoms with van der Waals surface area (Å²) in [5, 5.41) is 18.8. The lowest BCUT2D eigenvalue weighted by Gasteiger charge is -2.42. The Morgan fingerprint density at radius 1 is 1.11 bits per heavy atom. The van der Waals surface area contributed by atoms with Crippen LogP contribution in [0, 0.1) is 11.6 Å². The molecule has 0 radical (unpaired) electrons. The predicted molar refractivity (Wildman–Crippen MR) is 138 cm³/mol. The van der Waals surface area contributed by atoms with Crippen LogP contribution in [0.25, 0.3) is 22.9 Å². The van der Waals surface area contributed by atoms with E-state index in [1.165, 1.54) is 28.7 Å². The van der Waals surface area contributed by atoms with Crippen molar-refractivity contribution in [3.63, 3.8) is 0 Å². The fourth-order valence-corrected chi connectivity index (χ4v) is 5.44. The molecule has 4 heterocycles. The van der Waals surface area contributed by atoms with Gasteiger partial charge >= 0.3 is 0 Å². The first-order valence-electron chi connectivity index (χ1n) is 12.9. The van der Waals surface area contributed by atoms with Crippen molar-refractivity contribution < 1.29 is 18.6 Å². The van der Waals surface area contributed by atoms with Gasteiger partial charge in [0.05, 0.1) is 18.9 Å². The lowest BCUT2D eigenvalue weighted by atomic mass is 9.86. The molecule has 0 unspecified atom stereocenters. The lowest BCUT2D eigenvalue weighted by molar-refractivity contribution is 0.0379. The quantitative estimate of drug-likeness (QED) is 0.423. The summed E-state index contributed by atoms with van der Waals surface area (Å²) in [6.07, 6.45) is 5.88. The number of nitrogens with zero attached hydrogens (tertiary/aromatic N) is 6. The van der Waals surface area contributed by atoms with E-state index in [9.17, 15) is 13.9 Å². The standard InChI is InChI=1S/C28H30F2N6O2/c1-28(2,16-37)34-10-7-18(8-11-34)19-3-6-25-22(13-19)26-20(9-12-38-25)15-35(33-26)27-31-17-32-36(27)24-5-4-21(29)14-23(24)30/h3-6,13-15,17-18,37H,7-12,16H2,1-2H3. The van der Waals surface area contributed by atoms with E-state index in [0.29, 0.717) is 24.9 Å². The highest BCUT2D eigenvalue weighted by molar-refractivity contribution is 5.72. The third kappa shape index (κ3) is 4.37. The minimum Gasteiger partial charge on any atom is -0.493 e. The van der Waals surface area contributed by atoms with Crippen LogP contribution in [-0.2, 0) is 6.42 Å². The van der Waals surface area contributed by atoms with E-state index in [4.69, 9.17) is 9.84 Å². The third-order valence-electron chi connectivity index (χ3n) is 7.76. The maximum Gasteiger partial charge on any atom is 0.253 e. The zero-order chi connectivity index (χ0) is 26.4. The molecule has 2 aromatic heterocycles. The number of hydrogen-bond acceptors (Lipinski definition) is 6. The number of likely N-dealkylation sites (tertiary alicyclic amines) is 1. The molecule has 6 rings (SSSR count). The van der Waals surface area contributed by atoms with Crippen LogP contribution in [0.5, 0.6) is 5.75 Å². The number of aromatic nitrogens is 5. The number of hydrogen-bond donors (Lipinski definition) is 1. The Bertz CT molecular complexity index is 1470. The van der Waals surface area contributed by atoms with Gasteiger partial charge in [-0.15, -0.1) is 0 Å². The summed E-state index contributed by atoms with van der Waals surface area (Å²) in [7, 11) is 0. The van der Waals surface area contributed by atoms with Crippen molar-refractivity contribution >= 4 is 0 Å². The van der Waals surface area contributed by atoms with E-state index in [1.807, 2.05) is 12.3 Å². The average molecular weight is 521 g/mol. The van der Waals surface area contributed by atoms with Crippen molar-refractivity contribution in [3.8, 4) is 28.6 Å². The van der Waals surface area contributed by atoms with Crippen LogP contribution in [0.2, 0.25) is 0 Å². The van der Waals surface area contributed by atoms with Gasteiger partial charge in [0.25, 0.3) is 5.95 Å². The van der Waals surface area contributed by atoms with Gasteiger partial charge in [0.15, 0.2) is 5.82 Å². The zero-order valence-corrected chi connectivity index (χ0v) is 21.4. The molecule has 1 fully saturated rings. The topological polar surface area (TPSA) is 81.2 Å². The number of benzene rings is 2. The summed E-state index contributed by atoms with van der Waals surface area (Å²) < 4.78 is 37.0. The van der Waals surface area contributed by atoms with E-state index in [2.05, 4.69) is 41.0 Å². The first-order chi connectivity index (χ1) is 18.3. The van der Waals surface area contributed by atoms with Crippen LogP contribution in [0.15, 0.2) is 48.9 Å². The van der Waals surface area contributed by atoms with Crippen LogP contribution < -0.4 is 4.74 Å². The summed E-state index contributed by atoms with van der Waals surface area (Å²) in [5.74, 6) is 0.101. The average Bonchev–Trinajstić information content (AvgIpc) is 3.53. The summed E-state index contributed by atoms with van der Waals surface area (Å²) >= 11 is 0. The van der Waals surface area contributed by atoms with E-state index >= 15 is 0 Å². The van der Waals surface area contributed by atoms with Crippen molar-refractivity contribution in [1.29, 1.82) is 0 Å². The Labute approximate surface area is 219 Å². The minimum absolute atomic E-state index is 0.0892. The second-order valence-corrected chi connectivity index (χ2v) is 10.6. The maximum atomic E-state index is 14.5. The van der Waals surface area contributed by atoms with E-state index in [0.717, 1.165) is 54.6 Å². The van der Waals surface area contributed by atoms with Crippen LogP contribution in [0.4, 0.5) is 8.78 Å². The molecule has 0 atom stereocenters. The molecule has 2 aliphatic heterocycles. The van der Waals surface area contributed by atoms with Gasteiger partial charge < -0.3 is 9.84 Å². The Kier molecular flexibility index (Phi) is 6.23. The first-order valence-corrected chi connectivity index (χ1v) is 12.9. The van der Waals surface area contributed by atoms with Crippen LogP contribution in [0.3, 0.4) is 0 Å². The summed E-state index contributed by atoms with van der Waals surface area (Å²) in [4.78, 5) is 6.67. The number of ether oxygens (including phenoxy) is 1. The van der Waals surface area contributed by atoms with Gasteiger partial charge in [-0.3, -0.25) is 4.90 Å². The second-order valence-electron chi connectivity index (χ2n) is 10.6. The minimum atomic E-state index is -0.734. The van der Waals surface area contributed by atoms with Crippen molar-refractivity contribution in [1.82, 2.24) is 29.4 Å². The van der Waals surface area contributed by atoms with Gasteiger partial charge in [0.1, 0.15) is 23.6 Å². The number of piperidine rings is 1. The fourth-order valence-electron chi connectivity index (χ4n) is 5.44. The molecule has 1 saturated heterocycles. The molecule has 10 heteroatoms. The molecule has 0 amide bonds. The largest absolute Gasteiger partial charge is 0.493 e. The van der Waals surface area contributed by atoms with E-state index < -0.39 is 11.6 Å². The molecular formula is C28H30F2N6O2. The van der Waals surface area contributed by atoms with Crippen molar-refractivity contribution in [3.05, 3.63) is 71.7 Å². The van der Waals surface area contributed by atoms with Crippen LogP contribution in [-0.4, -0.2) is 66.4 Å². The van der Waals surface area contributed by atoms with Crippen LogP contribution >= 0.6 is 0 Å². The van der Waals surface area contributed by atoms with E-state index in [-0.39, 0.29) is 17.8 Å². The maximum absolute atomic E-state index is 14.5. The van der Waals surface area contributed by atoms with Gasteiger partial charge in [-0.2, -0.15) is 19.9 Å². The number of aliphatic hydroxyl groups excluding tert-OH is 1. The van der Waals surface area contributed by atoms with Crippen molar-refractivity contribution in [2.24, 2.45) is 0 Å². The van der Waals surface area contributed by atoms with Crippen molar-refractivity contribution in [2.45, 2.75) is 44.6 Å². The first kappa shape index (κ1) is 24.7. The molecule has 8 nitrogen and oxygen atoms in total. The number of halogens is 2. The third-order valence-corrected chi connectivity index (χ3v) is 7.76. The number of rotatable bonds is 5. The highest BCUT2D eigenvalue weighted by atomic mass is 19.1. The normalized spacial score (nSPS) is 16.6. The van der Waals surface area contributed by atoms with E-state index in [1.54, 1.807) is 4.68 Å². The molecule has 2 aliphatic rings. The Morgan fingerprint density at radius 3 is 2.68 bits per heavy atom. The fraction of sp³-hybridized carbons (Fsp3) is 0.393. The van der Waals surface area contributed by atoms with Gasteiger partial charge in [0, 0.05) is 35.3 Å². The summed E-state index contributed by atoms with van der Waals surface area (Å²) in [5.41, 5.74) is 3.83. The second kappa shape index (κ2) is 9.59. The molecule has 1 N–H and O–H groups in total. The van der Waals surface area contributed by atoms with Crippen molar-refractivity contribution in [2.75, 3.05) is 26.3 Å². The van der Waals surface area contributed by atoms with Gasteiger partial charge in [-0.25, -0.2) is 13.5 Å². The Hall–Kier alpha value is -3.63. The molecule has 4 aromatic rings. The molecular weight excluding hydrogens is 490 g/mol. The zero-order valence-electron chi connectivity index (χ0n) is 21.4. The molecule has 2 aromatic carbocycles. The molecule has 0 spiro atoms. The van der Waals surface area contributed by atoms with Gasteiger partial charge in [-0.1, -0.05) is 6.07 Å². The summed E-state index contributed by atoms with van der Waals surface area (Å²) in [6, 6.07) is 9.69. The van der Waals surface area contributed by atoms with Gasteiger partial charge in [0.2, 0.25) is 0 Å². The molecule has 0 bridgehead atoms. The lowest BCUT2D eigenvalue weighted by Crippen LogP contribution is -2.50. The Morgan fingerprint density at radius 2 is 1.92 bits per heavy atom. The molecule has 0 aliphatic carbocycles. The summed E-state index contributed by atoms with van der Waals surface area (Å²) in [6.45, 7) is 6.68. The molecule has 38 heavy (non-hydrogen) atoms. The number of fused-ring (bicyclic) bond motifs is 3. The smallest absolute Gasteiger partial charge is 0.253 e. The SMILES string of the molecule is CC(C)(CO)N1CCC(c2ccc3c(c2)-c2nn(-c4ncnn4-c4ccc(F)cc4F)cc2CCO3)CC1. The van der Waals surface area contributed by atoms with Gasteiger partial charge in [-0.05, 0) is 75.5 Å². The number of aliphatic hydroxyl groups is 1. The monoisotopic (exact) mass is 520 g/mol. The highest BCUT2D eigenvalue weighted by Crippen LogP contribution is 2.39. The van der Waals surface area contributed by atoms with Crippen LogP contribution in [0.1, 0.15) is 43.7 Å². The molecule has 0 saturated carbocycles. The Balaban J connectivity index is 1.33. The predicted octanol–water partition coefficient (Wildman–Crippen LogP) is 4.28.